The van der Waals surface area contributed by atoms with Crippen molar-refractivity contribution in [2.24, 2.45) is 0 Å². The molecule has 0 saturated carbocycles. The van der Waals surface area contributed by atoms with Gasteiger partial charge in [-0.2, -0.15) is 0 Å². The van der Waals surface area contributed by atoms with E-state index in [0.29, 0.717) is 37.9 Å². The van der Waals surface area contributed by atoms with E-state index in [1.165, 1.54) is 22.2 Å². The van der Waals surface area contributed by atoms with Crippen LogP contribution in [0.2, 0.25) is 5.02 Å². The predicted molar refractivity (Wildman–Crippen MR) is 125 cm³/mol. The van der Waals surface area contributed by atoms with Crippen molar-refractivity contribution in [3.63, 3.8) is 0 Å². The van der Waals surface area contributed by atoms with Gasteiger partial charge in [0.15, 0.2) is 0 Å². The SMILES string of the molecule is CCCCN(C)C(=O)c1sc2ncn(CC(=O)Nc3ccc(C)c(Cl)c3)c(=O)c2c1C. The molecule has 2 amide bonds. The Bertz CT molecular complexity index is 1200. The molecule has 9 heteroatoms. The van der Waals surface area contributed by atoms with Crippen molar-refractivity contribution in [3.05, 3.63) is 55.9 Å². The number of aromatic nitrogens is 2. The number of aryl methyl sites for hydroxylation is 2. The number of hydrogen-bond acceptors (Lipinski definition) is 5. The maximum Gasteiger partial charge on any atom is 0.264 e. The summed E-state index contributed by atoms with van der Waals surface area (Å²) in [5.41, 5.74) is 1.72. The first kappa shape index (κ1) is 23.0. The average molecular weight is 461 g/mol. The van der Waals surface area contributed by atoms with Crippen LogP contribution in [0.4, 0.5) is 5.69 Å². The Balaban J connectivity index is 1.84. The standard InChI is InChI=1S/C22H25ClN4O3S/c1-5-6-9-26(4)22(30)19-14(3)18-20(31-19)24-12-27(21(18)29)11-17(28)25-15-8-7-13(2)16(23)10-15/h7-8,10,12H,5-6,9,11H2,1-4H3,(H,25,28). The molecule has 0 aliphatic carbocycles. The van der Waals surface area contributed by atoms with E-state index in [1.807, 2.05) is 13.0 Å². The minimum absolute atomic E-state index is 0.117. The first-order chi connectivity index (χ1) is 14.7. The molecule has 0 atom stereocenters. The Morgan fingerprint density at radius 1 is 1.29 bits per heavy atom. The van der Waals surface area contributed by atoms with Crippen molar-refractivity contribution in [1.82, 2.24) is 14.5 Å². The lowest BCUT2D eigenvalue weighted by molar-refractivity contribution is -0.116. The van der Waals surface area contributed by atoms with Gasteiger partial charge in [-0.1, -0.05) is 31.0 Å². The van der Waals surface area contributed by atoms with Gasteiger partial charge in [0.2, 0.25) is 5.91 Å². The van der Waals surface area contributed by atoms with E-state index in [2.05, 4.69) is 17.2 Å². The average Bonchev–Trinajstić information content (AvgIpc) is 3.07. The number of hydrogen-bond donors (Lipinski definition) is 1. The molecule has 0 fully saturated rings. The van der Waals surface area contributed by atoms with Crippen molar-refractivity contribution in [3.8, 4) is 0 Å². The van der Waals surface area contributed by atoms with Gasteiger partial charge >= 0.3 is 0 Å². The lowest BCUT2D eigenvalue weighted by Crippen LogP contribution is -2.28. The van der Waals surface area contributed by atoms with E-state index >= 15 is 0 Å². The molecule has 0 aliphatic heterocycles. The Hall–Kier alpha value is -2.71. The summed E-state index contributed by atoms with van der Waals surface area (Å²) >= 11 is 7.31. The molecule has 164 valence electrons. The molecule has 2 heterocycles. The highest BCUT2D eigenvalue weighted by molar-refractivity contribution is 7.20. The molecule has 2 aromatic heterocycles. The third kappa shape index (κ3) is 4.97. The lowest BCUT2D eigenvalue weighted by Gasteiger charge is -2.16. The number of benzene rings is 1. The van der Waals surface area contributed by atoms with Gasteiger partial charge in [0.25, 0.3) is 11.5 Å². The monoisotopic (exact) mass is 460 g/mol. The van der Waals surface area contributed by atoms with Gasteiger partial charge in [0.05, 0.1) is 16.6 Å². The number of rotatable bonds is 7. The zero-order valence-electron chi connectivity index (χ0n) is 18.0. The van der Waals surface area contributed by atoms with Gasteiger partial charge in [-0.05, 0) is 43.5 Å². The Kier molecular flexibility index (Phi) is 7.12. The number of carbonyl (C=O) groups is 2. The third-order valence-electron chi connectivity index (χ3n) is 5.07. The molecular weight excluding hydrogens is 436 g/mol. The molecule has 1 N–H and O–H groups in total. The van der Waals surface area contributed by atoms with Crippen LogP contribution in [0.1, 0.15) is 40.6 Å². The highest BCUT2D eigenvalue weighted by Crippen LogP contribution is 2.28. The summed E-state index contributed by atoms with van der Waals surface area (Å²) < 4.78 is 1.25. The van der Waals surface area contributed by atoms with Crippen LogP contribution in [0, 0.1) is 13.8 Å². The number of halogens is 1. The summed E-state index contributed by atoms with van der Waals surface area (Å²) in [6.07, 6.45) is 3.25. The van der Waals surface area contributed by atoms with E-state index in [9.17, 15) is 14.4 Å². The van der Waals surface area contributed by atoms with Gasteiger partial charge in [-0.25, -0.2) is 4.98 Å². The number of nitrogens with one attached hydrogen (secondary N) is 1. The summed E-state index contributed by atoms with van der Waals surface area (Å²) in [6.45, 7) is 6.16. The fraction of sp³-hybridized carbons (Fsp3) is 0.364. The van der Waals surface area contributed by atoms with Gasteiger partial charge in [0.1, 0.15) is 11.4 Å². The summed E-state index contributed by atoms with van der Waals surface area (Å²) in [5.74, 6) is -0.486. The number of unbranched alkanes of at least 4 members (excludes halogenated alkanes) is 1. The Morgan fingerprint density at radius 3 is 2.71 bits per heavy atom. The maximum atomic E-state index is 13.0. The van der Waals surface area contributed by atoms with E-state index in [-0.39, 0.29) is 23.9 Å². The normalized spacial score (nSPS) is 11.0. The van der Waals surface area contributed by atoms with Crippen molar-refractivity contribution in [1.29, 1.82) is 0 Å². The highest BCUT2D eigenvalue weighted by atomic mass is 35.5. The molecular formula is C22H25ClN4O3S. The fourth-order valence-electron chi connectivity index (χ4n) is 3.17. The van der Waals surface area contributed by atoms with Crippen LogP contribution in [-0.4, -0.2) is 39.9 Å². The van der Waals surface area contributed by atoms with Crippen molar-refractivity contribution >= 4 is 50.7 Å². The van der Waals surface area contributed by atoms with Gasteiger partial charge in [-0.3, -0.25) is 19.0 Å². The Morgan fingerprint density at radius 2 is 2.03 bits per heavy atom. The van der Waals surface area contributed by atoms with Crippen LogP contribution in [-0.2, 0) is 11.3 Å². The molecule has 31 heavy (non-hydrogen) atoms. The second kappa shape index (κ2) is 9.62. The summed E-state index contributed by atoms with van der Waals surface area (Å²) in [6, 6.07) is 5.22. The molecule has 0 radical (unpaired) electrons. The second-order valence-corrected chi connectivity index (χ2v) is 8.91. The lowest BCUT2D eigenvalue weighted by atomic mass is 10.2. The molecule has 0 unspecified atom stereocenters. The molecule has 3 rings (SSSR count). The Labute approximate surface area is 189 Å². The highest BCUT2D eigenvalue weighted by Gasteiger charge is 2.22. The molecule has 0 spiro atoms. The number of amides is 2. The van der Waals surface area contributed by atoms with E-state index in [1.54, 1.807) is 31.0 Å². The quantitative estimate of drug-likeness (QED) is 0.571. The summed E-state index contributed by atoms with van der Waals surface area (Å²) in [5, 5.41) is 3.67. The van der Waals surface area contributed by atoms with Crippen molar-refractivity contribution in [2.75, 3.05) is 18.9 Å². The van der Waals surface area contributed by atoms with Crippen LogP contribution in [0.15, 0.2) is 29.3 Å². The number of thiophene rings is 1. The molecule has 0 bridgehead atoms. The van der Waals surface area contributed by atoms with Crippen LogP contribution in [0.5, 0.6) is 0 Å². The van der Waals surface area contributed by atoms with Gasteiger partial charge in [0, 0.05) is 24.3 Å². The number of carbonyl (C=O) groups excluding carboxylic acids is 2. The largest absolute Gasteiger partial charge is 0.341 e. The smallest absolute Gasteiger partial charge is 0.264 e. The van der Waals surface area contributed by atoms with E-state index in [0.717, 1.165) is 18.4 Å². The molecule has 0 saturated heterocycles. The summed E-state index contributed by atoms with van der Waals surface area (Å²) in [4.78, 5) is 45.3. The van der Waals surface area contributed by atoms with Crippen molar-refractivity contribution in [2.45, 2.75) is 40.2 Å². The van der Waals surface area contributed by atoms with Gasteiger partial charge in [-0.15, -0.1) is 11.3 Å². The first-order valence-corrected chi connectivity index (χ1v) is 11.2. The van der Waals surface area contributed by atoms with Crippen LogP contribution in [0.3, 0.4) is 0 Å². The fourth-order valence-corrected chi connectivity index (χ4v) is 4.49. The van der Waals surface area contributed by atoms with Crippen LogP contribution >= 0.6 is 22.9 Å². The zero-order valence-corrected chi connectivity index (χ0v) is 19.6. The molecule has 1 aromatic carbocycles. The molecule has 7 nitrogen and oxygen atoms in total. The molecule has 3 aromatic rings. The molecule has 0 aliphatic rings. The predicted octanol–water partition coefficient (Wildman–Crippen LogP) is 4.24. The van der Waals surface area contributed by atoms with E-state index < -0.39 is 0 Å². The number of nitrogens with zero attached hydrogens (tertiary/aromatic N) is 3. The van der Waals surface area contributed by atoms with Crippen LogP contribution < -0.4 is 10.9 Å². The van der Waals surface area contributed by atoms with E-state index in [4.69, 9.17) is 11.6 Å². The maximum absolute atomic E-state index is 13.0. The third-order valence-corrected chi connectivity index (χ3v) is 6.67. The first-order valence-electron chi connectivity index (χ1n) is 10.0. The second-order valence-electron chi connectivity index (χ2n) is 7.51. The minimum atomic E-state index is -0.369. The minimum Gasteiger partial charge on any atom is -0.341 e. The van der Waals surface area contributed by atoms with Crippen LogP contribution in [0.25, 0.3) is 10.2 Å². The number of fused-ring (bicyclic) bond motifs is 1. The topological polar surface area (TPSA) is 84.3 Å². The number of anilines is 1. The van der Waals surface area contributed by atoms with Gasteiger partial charge < -0.3 is 10.2 Å². The summed E-state index contributed by atoms with van der Waals surface area (Å²) in [7, 11) is 1.76. The zero-order chi connectivity index (χ0) is 22.7. The van der Waals surface area contributed by atoms with Crippen molar-refractivity contribution < 1.29 is 9.59 Å².